The molecule has 0 unspecified atom stereocenters. The van der Waals surface area contributed by atoms with Gasteiger partial charge in [0, 0.05) is 24.5 Å². The van der Waals surface area contributed by atoms with Crippen LogP contribution in [-0.2, 0) is 19.1 Å². The Morgan fingerprint density at radius 3 is 2.39 bits per heavy atom. The largest absolute Gasteiger partial charge is 0.448 e. The minimum atomic E-state index is -1.22. The molecule has 0 bridgehead atoms. The summed E-state index contributed by atoms with van der Waals surface area (Å²) in [6, 6.07) is 0. The molecule has 0 heterocycles. The summed E-state index contributed by atoms with van der Waals surface area (Å²) in [5.74, 6) is 1.21. The Morgan fingerprint density at radius 1 is 1.06 bits per heavy atom. The molecule has 7 atom stereocenters. The normalized spacial score (nSPS) is 38.1. The molecule has 3 rings (SSSR count). The number of fused-ring (bicyclic) bond motifs is 1. The van der Waals surface area contributed by atoms with E-state index in [0.717, 1.165) is 19.3 Å². The average Bonchev–Trinajstić information content (AvgIpc) is 3.09. The fourth-order valence-corrected chi connectivity index (χ4v) is 6.21. The highest BCUT2D eigenvalue weighted by molar-refractivity contribution is 6.02. The number of carbonyl (C=O) groups excluding carboxylic acids is 3. The summed E-state index contributed by atoms with van der Waals surface area (Å²) in [7, 11) is 0. The predicted octanol–water partition coefficient (Wildman–Crippen LogP) is 5.21. The molecule has 5 nitrogen and oxygen atoms in total. The molecule has 3 saturated carbocycles. The number of carbonyl (C=O) groups is 3. The molecule has 3 fully saturated rings. The van der Waals surface area contributed by atoms with Gasteiger partial charge in [-0.15, -0.1) is 0 Å². The summed E-state index contributed by atoms with van der Waals surface area (Å²) >= 11 is 0. The summed E-state index contributed by atoms with van der Waals surface area (Å²) < 4.78 is 5.59. The molecule has 0 aromatic heterocycles. The van der Waals surface area contributed by atoms with Gasteiger partial charge in [-0.25, -0.2) is 4.79 Å². The molecule has 184 valence electrons. The summed E-state index contributed by atoms with van der Waals surface area (Å²) in [6.45, 7) is 12.9. The molecule has 0 aromatic carbocycles. The van der Waals surface area contributed by atoms with Crippen LogP contribution in [0.1, 0.15) is 86.5 Å². The van der Waals surface area contributed by atoms with Crippen LogP contribution in [0.5, 0.6) is 0 Å². The maximum Gasteiger partial charge on any atom is 0.332 e. The molecule has 0 aromatic rings. The maximum absolute atomic E-state index is 12.9. The van der Waals surface area contributed by atoms with Crippen molar-refractivity contribution in [3.8, 4) is 0 Å². The first-order chi connectivity index (χ1) is 15.4. The Balaban J connectivity index is 1.76. The molecule has 0 spiro atoms. The van der Waals surface area contributed by atoms with Gasteiger partial charge in [0.05, 0.1) is 6.10 Å². The van der Waals surface area contributed by atoms with Crippen LogP contribution >= 0.6 is 0 Å². The van der Waals surface area contributed by atoms with Gasteiger partial charge < -0.3 is 9.84 Å². The van der Waals surface area contributed by atoms with Gasteiger partial charge in [0.2, 0.25) is 0 Å². The number of Topliss-reactive ketones (excluding diaryl/α,β-unsaturated/α-hetero) is 2. The van der Waals surface area contributed by atoms with E-state index < -0.39 is 17.7 Å². The van der Waals surface area contributed by atoms with Crippen molar-refractivity contribution >= 4 is 17.5 Å². The van der Waals surface area contributed by atoms with Crippen LogP contribution in [0.15, 0.2) is 23.8 Å². The Morgan fingerprint density at radius 2 is 1.76 bits per heavy atom. The number of allylic oxidation sites excluding steroid dienone is 3. The Kier molecular flexibility index (Phi) is 7.72. The van der Waals surface area contributed by atoms with Crippen LogP contribution < -0.4 is 0 Å². The lowest BCUT2D eigenvalue weighted by molar-refractivity contribution is -0.167. The van der Waals surface area contributed by atoms with Crippen LogP contribution in [-0.4, -0.2) is 34.3 Å². The van der Waals surface area contributed by atoms with E-state index in [9.17, 15) is 19.5 Å². The number of esters is 1. The topological polar surface area (TPSA) is 80.7 Å². The van der Waals surface area contributed by atoms with Crippen molar-refractivity contribution in [1.29, 1.82) is 0 Å². The van der Waals surface area contributed by atoms with E-state index in [1.165, 1.54) is 6.08 Å². The van der Waals surface area contributed by atoms with Crippen LogP contribution in [0.3, 0.4) is 0 Å². The number of ether oxygens (including phenoxy) is 1. The number of aliphatic hydroxyl groups is 1. The second-order valence-electron chi connectivity index (χ2n) is 11.6. The van der Waals surface area contributed by atoms with Crippen molar-refractivity contribution < 1.29 is 24.2 Å². The van der Waals surface area contributed by atoms with E-state index in [1.54, 1.807) is 6.92 Å². The Labute approximate surface area is 199 Å². The van der Waals surface area contributed by atoms with E-state index in [4.69, 9.17) is 4.74 Å². The summed E-state index contributed by atoms with van der Waals surface area (Å²) in [4.78, 5) is 38.1. The summed E-state index contributed by atoms with van der Waals surface area (Å²) in [5.41, 5.74) is -0.673. The lowest BCUT2D eigenvalue weighted by Gasteiger charge is -2.43. The summed E-state index contributed by atoms with van der Waals surface area (Å²) in [6.07, 6.45) is 9.34. The van der Waals surface area contributed by atoms with Gasteiger partial charge in [-0.1, -0.05) is 46.8 Å². The van der Waals surface area contributed by atoms with E-state index >= 15 is 0 Å². The van der Waals surface area contributed by atoms with Crippen molar-refractivity contribution in [2.45, 2.75) is 98.2 Å². The highest BCUT2D eigenvalue weighted by Gasteiger charge is 2.53. The van der Waals surface area contributed by atoms with Gasteiger partial charge in [0.15, 0.2) is 17.2 Å². The highest BCUT2D eigenvalue weighted by Crippen LogP contribution is 2.58. The minimum absolute atomic E-state index is 0.00247. The van der Waals surface area contributed by atoms with Crippen LogP contribution in [0.4, 0.5) is 0 Å². The Bertz CT molecular complexity index is 839. The first-order valence-electron chi connectivity index (χ1n) is 12.7. The second kappa shape index (κ2) is 9.85. The van der Waals surface area contributed by atoms with E-state index in [-0.39, 0.29) is 29.3 Å². The SMILES string of the molecule is CC(C)[C@@H](C)/C=C/[C@@H](C)[C@H]1CC[C@H]2/C(=C/C(=O)O[C@]3(C)CC[C@H](O)CC3=O)C(=O)CC[C@]12C. The lowest BCUT2D eigenvalue weighted by atomic mass is 9.61. The number of aliphatic hydroxyl groups excluding tert-OH is 1. The molecule has 0 saturated heterocycles. The average molecular weight is 459 g/mol. The van der Waals surface area contributed by atoms with Crippen LogP contribution in [0.2, 0.25) is 0 Å². The zero-order valence-electron chi connectivity index (χ0n) is 21.2. The molecule has 3 aliphatic carbocycles. The third-order valence-electron chi connectivity index (χ3n) is 8.97. The standard InChI is InChI=1S/C28H42O5/c1-17(2)18(3)7-8-19(4)22-9-10-23-21(24(30)12-13-27(22,23)5)16-26(32)33-28(6)14-11-20(29)15-25(28)31/h7-8,16-20,22-23,29H,9-15H2,1-6H3/b8-7+,21-16-/t18-,19+,20-,22+,23-,27+,28+/m0/s1. The number of hydrogen-bond donors (Lipinski definition) is 1. The number of rotatable bonds is 6. The van der Waals surface area contributed by atoms with Crippen molar-refractivity contribution in [3.63, 3.8) is 0 Å². The third kappa shape index (κ3) is 5.34. The van der Waals surface area contributed by atoms with Crippen molar-refractivity contribution in [3.05, 3.63) is 23.8 Å². The zero-order chi connectivity index (χ0) is 24.6. The maximum atomic E-state index is 12.9. The molecule has 5 heteroatoms. The predicted molar refractivity (Wildman–Crippen MR) is 128 cm³/mol. The van der Waals surface area contributed by atoms with Crippen molar-refractivity contribution in [1.82, 2.24) is 0 Å². The van der Waals surface area contributed by atoms with E-state index in [2.05, 4.69) is 46.8 Å². The van der Waals surface area contributed by atoms with E-state index in [0.29, 0.717) is 48.5 Å². The van der Waals surface area contributed by atoms with Gasteiger partial charge in [-0.3, -0.25) is 9.59 Å². The first-order valence-corrected chi connectivity index (χ1v) is 12.7. The number of ketones is 2. The van der Waals surface area contributed by atoms with Crippen LogP contribution in [0, 0.1) is 35.0 Å². The minimum Gasteiger partial charge on any atom is -0.448 e. The highest BCUT2D eigenvalue weighted by atomic mass is 16.6. The van der Waals surface area contributed by atoms with Gasteiger partial charge in [0.1, 0.15) is 0 Å². The zero-order valence-corrected chi connectivity index (χ0v) is 21.2. The molecular weight excluding hydrogens is 416 g/mol. The fourth-order valence-electron chi connectivity index (χ4n) is 6.21. The quantitative estimate of drug-likeness (QED) is 0.336. The molecular formula is C28H42O5. The van der Waals surface area contributed by atoms with Crippen molar-refractivity contribution in [2.75, 3.05) is 0 Å². The second-order valence-corrected chi connectivity index (χ2v) is 11.6. The molecule has 0 amide bonds. The monoisotopic (exact) mass is 458 g/mol. The van der Waals surface area contributed by atoms with Gasteiger partial charge in [-0.05, 0) is 74.0 Å². The van der Waals surface area contributed by atoms with Crippen molar-refractivity contribution in [2.24, 2.45) is 35.0 Å². The summed E-state index contributed by atoms with van der Waals surface area (Å²) in [5, 5.41) is 9.72. The fraction of sp³-hybridized carbons (Fsp3) is 0.750. The Hall–Kier alpha value is -1.75. The lowest BCUT2D eigenvalue weighted by Crippen LogP contribution is -2.46. The third-order valence-corrected chi connectivity index (χ3v) is 8.97. The molecule has 0 radical (unpaired) electrons. The molecule has 1 N–H and O–H groups in total. The van der Waals surface area contributed by atoms with Gasteiger partial charge in [-0.2, -0.15) is 0 Å². The van der Waals surface area contributed by atoms with E-state index in [1.807, 2.05) is 0 Å². The smallest absolute Gasteiger partial charge is 0.332 e. The molecule has 0 aliphatic heterocycles. The first kappa shape index (κ1) is 25.9. The molecule has 3 aliphatic rings. The van der Waals surface area contributed by atoms with Gasteiger partial charge >= 0.3 is 5.97 Å². The molecule has 33 heavy (non-hydrogen) atoms. The van der Waals surface area contributed by atoms with Crippen LogP contribution in [0.25, 0.3) is 0 Å². The number of hydrogen-bond acceptors (Lipinski definition) is 5. The van der Waals surface area contributed by atoms with Gasteiger partial charge in [0.25, 0.3) is 0 Å².